The van der Waals surface area contributed by atoms with Gasteiger partial charge in [-0.2, -0.15) is 0 Å². The summed E-state index contributed by atoms with van der Waals surface area (Å²) in [7, 11) is 0. The van der Waals surface area contributed by atoms with Gasteiger partial charge in [-0.05, 0) is 75.4 Å². The Kier molecular flexibility index (Phi) is 5.59. The van der Waals surface area contributed by atoms with Crippen LogP contribution in [0.5, 0.6) is 0 Å². The first kappa shape index (κ1) is 18.8. The molecule has 1 aromatic carbocycles. The Bertz CT molecular complexity index is 576. The van der Waals surface area contributed by atoms with Gasteiger partial charge in [0.05, 0.1) is 0 Å². The Morgan fingerprint density at radius 2 is 1.71 bits per heavy atom. The third-order valence-corrected chi connectivity index (χ3v) is 4.11. The van der Waals surface area contributed by atoms with E-state index in [1.807, 2.05) is 20.8 Å². The van der Waals surface area contributed by atoms with Gasteiger partial charge in [-0.1, -0.05) is 26.8 Å². The normalized spacial score (nSPS) is 16.2. The number of anilines is 1. The van der Waals surface area contributed by atoms with Gasteiger partial charge in [-0.15, -0.1) is 0 Å². The zero-order valence-electron chi connectivity index (χ0n) is 16.0. The first-order valence-corrected chi connectivity index (χ1v) is 8.90. The molecule has 24 heavy (non-hydrogen) atoms. The van der Waals surface area contributed by atoms with Crippen LogP contribution in [0.25, 0.3) is 0 Å². The number of likely N-dealkylation sites (tertiary alicyclic amines) is 1. The number of benzene rings is 1. The van der Waals surface area contributed by atoms with Gasteiger partial charge in [0.15, 0.2) is 0 Å². The maximum Gasteiger partial charge on any atom is 0.412 e. The van der Waals surface area contributed by atoms with Gasteiger partial charge in [0.25, 0.3) is 0 Å². The molecule has 1 amide bonds. The highest BCUT2D eigenvalue weighted by molar-refractivity contribution is 5.85. The van der Waals surface area contributed by atoms with Crippen LogP contribution in [0, 0.1) is 0 Å². The minimum atomic E-state index is -0.496. The number of carbonyl (C=O) groups is 1. The minimum Gasteiger partial charge on any atom is -0.444 e. The molecule has 1 N–H and O–H groups in total. The molecule has 1 aliphatic heterocycles. The molecule has 0 atom stereocenters. The van der Waals surface area contributed by atoms with Crippen LogP contribution >= 0.6 is 0 Å². The fourth-order valence-electron chi connectivity index (χ4n) is 2.91. The third-order valence-electron chi connectivity index (χ3n) is 4.11. The van der Waals surface area contributed by atoms with Gasteiger partial charge in [0.2, 0.25) is 0 Å². The number of nitrogens with zero attached hydrogens (tertiary/aromatic N) is 1. The maximum atomic E-state index is 12.1. The fourth-order valence-corrected chi connectivity index (χ4v) is 2.91. The molecule has 0 aliphatic carbocycles. The lowest BCUT2D eigenvalue weighted by molar-refractivity contribution is 0.0636. The summed E-state index contributed by atoms with van der Waals surface area (Å²) >= 11 is 0. The molecule has 0 saturated carbocycles. The zero-order valence-corrected chi connectivity index (χ0v) is 16.0. The summed E-state index contributed by atoms with van der Waals surface area (Å²) in [4.78, 5) is 14.6. The number of nitrogens with one attached hydrogen (secondary N) is 1. The Morgan fingerprint density at radius 3 is 2.25 bits per heavy atom. The van der Waals surface area contributed by atoms with Crippen molar-refractivity contribution < 1.29 is 9.53 Å². The highest BCUT2D eigenvalue weighted by Crippen LogP contribution is 2.28. The zero-order chi connectivity index (χ0) is 18.0. The Labute approximate surface area is 146 Å². The van der Waals surface area contributed by atoms with Crippen LogP contribution in [-0.2, 0) is 16.7 Å². The molecule has 0 bridgehead atoms. The largest absolute Gasteiger partial charge is 0.444 e. The predicted molar refractivity (Wildman–Crippen MR) is 99.5 cm³/mol. The lowest BCUT2D eigenvalue weighted by Gasteiger charge is -2.24. The molecule has 1 heterocycles. The maximum absolute atomic E-state index is 12.1. The lowest BCUT2D eigenvalue weighted by atomic mass is 9.85. The summed E-state index contributed by atoms with van der Waals surface area (Å²) in [6.07, 6.45) is 2.16. The van der Waals surface area contributed by atoms with Crippen molar-refractivity contribution in [3.63, 3.8) is 0 Å². The SMILES string of the molecule is CC(C)(C)OC(=O)Nc1cc(CN2CCCC2)cc(C(C)(C)C)c1. The van der Waals surface area contributed by atoms with Crippen molar-refractivity contribution in [3.8, 4) is 0 Å². The van der Waals surface area contributed by atoms with Crippen molar-refractivity contribution in [2.24, 2.45) is 0 Å². The number of hydrogen-bond donors (Lipinski definition) is 1. The summed E-state index contributed by atoms with van der Waals surface area (Å²) in [5.41, 5.74) is 2.82. The highest BCUT2D eigenvalue weighted by Gasteiger charge is 2.20. The molecule has 134 valence electrons. The minimum absolute atomic E-state index is 0.0331. The van der Waals surface area contributed by atoms with Crippen molar-refractivity contribution in [3.05, 3.63) is 29.3 Å². The molecule has 1 fully saturated rings. The average molecular weight is 332 g/mol. The fraction of sp³-hybridized carbons (Fsp3) is 0.650. The highest BCUT2D eigenvalue weighted by atomic mass is 16.6. The van der Waals surface area contributed by atoms with Crippen LogP contribution in [0.15, 0.2) is 18.2 Å². The van der Waals surface area contributed by atoms with Gasteiger partial charge in [-0.25, -0.2) is 4.79 Å². The molecule has 1 aliphatic rings. The molecule has 4 nitrogen and oxygen atoms in total. The van der Waals surface area contributed by atoms with Crippen molar-refractivity contribution in [2.75, 3.05) is 18.4 Å². The van der Waals surface area contributed by atoms with E-state index in [2.05, 4.69) is 49.2 Å². The number of carbonyl (C=O) groups excluding carboxylic acids is 1. The number of hydrogen-bond acceptors (Lipinski definition) is 3. The number of rotatable bonds is 3. The average Bonchev–Trinajstić information content (AvgIpc) is 2.87. The van der Waals surface area contributed by atoms with Crippen molar-refractivity contribution in [2.45, 2.75) is 71.9 Å². The monoisotopic (exact) mass is 332 g/mol. The molecule has 0 aromatic heterocycles. The van der Waals surface area contributed by atoms with Crippen molar-refractivity contribution in [1.29, 1.82) is 0 Å². The summed E-state index contributed by atoms with van der Waals surface area (Å²) in [5.74, 6) is 0. The summed E-state index contributed by atoms with van der Waals surface area (Å²) < 4.78 is 5.38. The van der Waals surface area contributed by atoms with E-state index >= 15 is 0 Å². The molecular weight excluding hydrogens is 300 g/mol. The second-order valence-electron chi connectivity index (χ2n) is 8.78. The van der Waals surface area contributed by atoms with Crippen LogP contribution in [0.1, 0.15) is 65.5 Å². The van der Waals surface area contributed by atoms with E-state index in [0.717, 1.165) is 25.3 Å². The summed E-state index contributed by atoms with van der Waals surface area (Å²) in [6, 6.07) is 6.38. The van der Waals surface area contributed by atoms with Gasteiger partial charge in [0, 0.05) is 12.2 Å². The van der Waals surface area contributed by atoms with E-state index in [9.17, 15) is 4.79 Å². The van der Waals surface area contributed by atoms with E-state index in [4.69, 9.17) is 4.74 Å². The van der Waals surface area contributed by atoms with Crippen LogP contribution in [0.4, 0.5) is 10.5 Å². The van der Waals surface area contributed by atoms with E-state index in [-0.39, 0.29) is 5.41 Å². The van der Waals surface area contributed by atoms with Crippen LogP contribution < -0.4 is 5.32 Å². The Balaban J connectivity index is 2.20. The summed E-state index contributed by atoms with van der Waals surface area (Å²) in [5, 5.41) is 2.90. The molecule has 1 saturated heterocycles. The standard InChI is InChI=1S/C20H32N2O2/c1-19(2,3)16-11-15(14-22-9-7-8-10-22)12-17(13-16)21-18(23)24-20(4,5)6/h11-13H,7-10,14H2,1-6H3,(H,21,23). The first-order chi connectivity index (χ1) is 11.0. The smallest absolute Gasteiger partial charge is 0.412 e. The van der Waals surface area contributed by atoms with Gasteiger partial charge >= 0.3 is 6.09 Å². The van der Waals surface area contributed by atoms with E-state index in [1.54, 1.807) is 0 Å². The van der Waals surface area contributed by atoms with Gasteiger partial charge < -0.3 is 4.74 Å². The molecule has 0 unspecified atom stereocenters. The van der Waals surface area contributed by atoms with Gasteiger partial charge in [0.1, 0.15) is 5.60 Å². The van der Waals surface area contributed by atoms with E-state index in [1.165, 1.54) is 24.0 Å². The van der Waals surface area contributed by atoms with Crippen LogP contribution in [0.2, 0.25) is 0 Å². The number of ether oxygens (including phenoxy) is 1. The van der Waals surface area contributed by atoms with Crippen LogP contribution in [-0.4, -0.2) is 29.7 Å². The van der Waals surface area contributed by atoms with Crippen LogP contribution in [0.3, 0.4) is 0 Å². The quantitative estimate of drug-likeness (QED) is 0.853. The second kappa shape index (κ2) is 7.14. The van der Waals surface area contributed by atoms with E-state index < -0.39 is 11.7 Å². The van der Waals surface area contributed by atoms with Crippen molar-refractivity contribution >= 4 is 11.8 Å². The molecule has 4 heteroatoms. The number of amides is 1. The Morgan fingerprint density at radius 1 is 1.08 bits per heavy atom. The molecular formula is C20H32N2O2. The molecule has 0 radical (unpaired) electrons. The van der Waals surface area contributed by atoms with E-state index in [0.29, 0.717) is 0 Å². The molecule has 1 aromatic rings. The first-order valence-electron chi connectivity index (χ1n) is 8.90. The predicted octanol–water partition coefficient (Wildman–Crippen LogP) is 4.93. The topological polar surface area (TPSA) is 41.6 Å². The van der Waals surface area contributed by atoms with Gasteiger partial charge in [-0.3, -0.25) is 10.2 Å². The third kappa shape index (κ3) is 5.82. The lowest BCUT2D eigenvalue weighted by Crippen LogP contribution is -2.27. The summed E-state index contributed by atoms with van der Waals surface area (Å²) in [6.45, 7) is 15.5. The molecule has 2 rings (SSSR count). The Hall–Kier alpha value is -1.55. The van der Waals surface area contributed by atoms with Crippen molar-refractivity contribution in [1.82, 2.24) is 4.90 Å². The molecule has 0 spiro atoms. The second-order valence-corrected chi connectivity index (χ2v) is 8.78.